The zero-order valence-corrected chi connectivity index (χ0v) is 16.1. The van der Waals surface area contributed by atoms with E-state index in [-0.39, 0.29) is 30.8 Å². The van der Waals surface area contributed by atoms with Crippen molar-refractivity contribution in [3.63, 3.8) is 0 Å². The Kier molecular flexibility index (Phi) is 8.18. The summed E-state index contributed by atoms with van der Waals surface area (Å²) < 4.78 is 1.74. The van der Waals surface area contributed by atoms with Crippen LogP contribution in [-0.4, -0.2) is 11.8 Å². The Morgan fingerprint density at radius 2 is 1.21 bits per heavy atom. The zero-order valence-electron chi connectivity index (χ0n) is 15.3. The third-order valence-electron chi connectivity index (χ3n) is 4.11. The Labute approximate surface area is 170 Å². The van der Waals surface area contributed by atoms with Crippen molar-refractivity contribution in [3.05, 3.63) is 102 Å². The van der Waals surface area contributed by atoms with E-state index in [2.05, 4.69) is 10.6 Å². The van der Waals surface area contributed by atoms with Gasteiger partial charge in [0.2, 0.25) is 6.54 Å². The van der Waals surface area contributed by atoms with E-state index in [1.54, 1.807) is 29.1 Å². The quantitative estimate of drug-likeness (QED) is 0.516. The van der Waals surface area contributed by atoms with Gasteiger partial charge in [0.15, 0.2) is 12.4 Å². The average Bonchev–Trinajstić information content (AvgIpc) is 2.72. The number of carbonyl (C=O) groups is 2. The number of nitrogens with one attached hydrogen (secondary N) is 2. The topological polar surface area (TPSA) is 62.1 Å². The first-order valence-corrected chi connectivity index (χ1v) is 8.82. The van der Waals surface area contributed by atoms with E-state index in [0.29, 0.717) is 18.7 Å². The molecule has 0 fully saturated rings. The number of halogens is 1. The van der Waals surface area contributed by atoms with Crippen LogP contribution in [0.25, 0.3) is 0 Å². The maximum absolute atomic E-state index is 12.2. The molecule has 0 radical (unpaired) electrons. The van der Waals surface area contributed by atoms with Crippen molar-refractivity contribution in [2.45, 2.75) is 19.6 Å². The predicted octanol–water partition coefficient (Wildman–Crippen LogP) is -0.775. The summed E-state index contributed by atoms with van der Waals surface area (Å²) >= 11 is 0. The van der Waals surface area contributed by atoms with Crippen LogP contribution in [-0.2, 0) is 24.4 Å². The summed E-state index contributed by atoms with van der Waals surface area (Å²) in [4.78, 5) is 24.3. The van der Waals surface area contributed by atoms with Gasteiger partial charge in [-0.2, -0.15) is 4.57 Å². The van der Waals surface area contributed by atoms with E-state index in [0.717, 1.165) is 11.1 Å². The van der Waals surface area contributed by atoms with Crippen LogP contribution in [0.5, 0.6) is 0 Å². The number of amides is 2. The number of carbonyl (C=O) groups excluding carboxylic acids is 2. The molecule has 3 aromatic rings. The summed E-state index contributed by atoms with van der Waals surface area (Å²) in [6, 6.07) is 22.9. The van der Waals surface area contributed by atoms with Gasteiger partial charge >= 0.3 is 0 Å². The predicted molar refractivity (Wildman–Crippen MR) is 103 cm³/mol. The minimum Gasteiger partial charge on any atom is -1.00 e. The van der Waals surface area contributed by atoms with Gasteiger partial charge in [-0.1, -0.05) is 60.7 Å². The maximum Gasteiger partial charge on any atom is 0.286 e. The Morgan fingerprint density at radius 1 is 0.714 bits per heavy atom. The number of nitrogens with zero attached hydrogens (tertiary/aromatic N) is 1. The van der Waals surface area contributed by atoms with Gasteiger partial charge in [0.05, 0.1) is 5.56 Å². The highest BCUT2D eigenvalue weighted by Crippen LogP contribution is 2.00. The van der Waals surface area contributed by atoms with E-state index in [1.165, 1.54) is 0 Å². The minimum absolute atomic E-state index is 0. The van der Waals surface area contributed by atoms with Gasteiger partial charge in [0.25, 0.3) is 11.8 Å². The second kappa shape index (κ2) is 10.8. The van der Waals surface area contributed by atoms with Gasteiger partial charge in [-0.15, -0.1) is 0 Å². The molecular formula is C22H22ClN3O2. The lowest BCUT2D eigenvalue weighted by molar-refractivity contribution is -0.684. The van der Waals surface area contributed by atoms with Crippen molar-refractivity contribution in [2.75, 3.05) is 0 Å². The third kappa shape index (κ3) is 6.52. The smallest absolute Gasteiger partial charge is 0.286 e. The van der Waals surface area contributed by atoms with Crippen LogP contribution in [0.2, 0.25) is 0 Å². The van der Waals surface area contributed by atoms with Gasteiger partial charge in [-0.3, -0.25) is 9.59 Å². The molecule has 2 amide bonds. The molecule has 2 N–H and O–H groups in total. The Bertz CT molecular complexity index is 885. The lowest BCUT2D eigenvalue weighted by atomic mass is 10.2. The third-order valence-corrected chi connectivity index (χ3v) is 4.11. The fourth-order valence-electron chi connectivity index (χ4n) is 2.61. The van der Waals surface area contributed by atoms with Crippen molar-refractivity contribution in [2.24, 2.45) is 0 Å². The van der Waals surface area contributed by atoms with Crippen LogP contribution in [0.15, 0.2) is 85.2 Å². The summed E-state index contributed by atoms with van der Waals surface area (Å²) in [6.45, 7) is 1.19. The number of aromatic nitrogens is 1. The van der Waals surface area contributed by atoms with Crippen LogP contribution in [0, 0.1) is 0 Å². The summed E-state index contributed by atoms with van der Waals surface area (Å²) in [6.07, 6.45) is 3.47. The molecule has 0 bridgehead atoms. The van der Waals surface area contributed by atoms with E-state index in [4.69, 9.17) is 0 Å². The minimum atomic E-state index is -0.139. The fourth-order valence-corrected chi connectivity index (χ4v) is 2.61. The standard InChI is InChI=1S/C22H21N3O2.ClH/c26-21(23-15-18-7-3-1-4-8-18)17-25-13-11-20(12-14-25)22(27)24-16-19-9-5-2-6-10-19;/h1-14H,15-17H2,(H-,23,24,26,27);1H. The summed E-state index contributed by atoms with van der Waals surface area (Å²) in [5.41, 5.74) is 2.67. The highest BCUT2D eigenvalue weighted by Gasteiger charge is 2.11. The fraction of sp³-hybridized carbons (Fsp3) is 0.136. The first-order valence-electron chi connectivity index (χ1n) is 8.82. The molecule has 3 rings (SSSR count). The zero-order chi connectivity index (χ0) is 18.9. The van der Waals surface area contributed by atoms with E-state index < -0.39 is 0 Å². The number of hydrogen-bond donors (Lipinski definition) is 2. The van der Waals surface area contributed by atoms with Crippen LogP contribution in [0.1, 0.15) is 21.5 Å². The van der Waals surface area contributed by atoms with Crippen LogP contribution in [0.3, 0.4) is 0 Å². The van der Waals surface area contributed by atoms with Gasteiger partial charge < -0.3 is 23.0 Å². The molecule has 28 heavy (non-hydrogen) atoms. The highest BCUT2D eigenvalue weighted by atomic mass is 35.5. The molecule has 5 nitrogen and oxygen atoms in total. The molecule has 0 spiro atoms. The second-order valence-electron chi connectivity index (χ2n) is 6.19. The molecule has 1 heterocycles. The monoisotopic (exact) mass is 395 g/mol. The number of rotatable bonds is 7. The van der Waals surface area contributed by atoms with E-state index in [9.17, 15) is 9.59 Å². The van der Waals surface area contributed by atoms with Crippen molar-refractivity contribution < 1.29 is 26.6 Å². The van der Waals surface area contributed by atoms with Crippen LogP contribution < -0.4 is 27.6 Å². The van der Waals surface area contributed by atoms with Gasteiger partial charge in [-0.25, -0.2) is 0 Å². The molecule has 144 valence electrons. The molecule has 0 aliphatic carbocycles. The van der Waals surface area contributed by atoms with E-state index in [1.807, 2.05) is 60.7 Å². The summed E-state index contributed by atoms with van der Waals surface area (Å²) in [5.74, 6) is -0.218. The Balaban J connectivity index is 0.00000280. The molecule has 1 aromatic heterocycles. The number of pyridine rings is 1. The summed E-state index contributed by atoms with van der Waals surface area (Å²) in [5, 5.41) is 5.77. The van der Waals surface area contributed by atoms with Crippen LogP contribution >= 0.6 is 0 Å². The normalized spacial score (nSPS) is 9.86. The van der Waals surface area contributed by atoms with Gasteiger partial charge in [0, 0.05) is 25.2 Å². The highest BCUT2D eigenvalue weighted by molar-refractivity contribution is 5.93. The SMILES string of the molecule is O=C(C[n+]1ccc(C(=O)NCc2ccccc2)cc1)NCc1ccccc1.[Cl-]. The molecule has 2 aromatic carbocycles. The lowest BCUT2D eigenvalue weighted by Crippen LogP contribution is -3.00. The second-order valence-corrected chi connectivity index (χ2v) is 6.19. The molecule has 0 unspecified atom stereocenters. The summed E-state index contributed by atoms with van der Waals surface area (Å²) in [7, 11) is 0. The van der Waals surface area contributed by atoms with Crippen molar-refractivity contribution in [1.29, 1.82) is 0 Å². The first kappa shape index (κ1) is 21.1. The largest absolute Gasteiger partial charge is 1.00 e. The van der Waals surface area contributed by atoms with Crippen molar-refractivity contribution in [1.82, 2.24) is 10.6 Å². The molecule has 0 saturated carbocycles. The Morgan fingerprint density at radius 3 is 1.75 bits per heavy atom. The lowest BCUT2D eigenvalue weighted by Gasteiger charge is -2.05. The Hall–Kier alpha value is -3.18. The molecular weight excluding hydrogens is 374 g/mol. The van der Waals surface area contributed by atoms with Gasteiger partial charge in [-0.05, 0) is 11.1 Å². The van der Waals surface area contributed by atoms with Gasteiger partial charge in [0.1, 0.15) is 0 Å². The molecule has 0 saturated heterocycles. The molecule has 6 heteroatoms. The van der Waals surface area contributed by atoms with Crippen molar-refractivity contribution >= 4 is 11.8 Å². The maximum atomic E-state index is 12.2. The average molecular weight is 396 g/mol. The van der Waals surface area contributed by atoms with Crippen molar-refractivity contribution in [3.8, 4) is 0 Å². The molecule has 0 atom stereocenters. The molecule has 0 aliphatic rings. The number of hydrogen-bond acceptors (Lipinski definition) is 2. The molecule has 0 aliphatic heterocycles. The van der Waals surface area contributed by atoms with Crippen LogP contribution in [0.4, 0.5) is 0 Å². The number of benzene rings is 2. The van der Waals surface area contributed by atoms with E-state index >= 15 is 0 Å². The first-order chi connectivity index (χ1) is 13.2.